The summed E-state index contributed by atoms with van der Waals surface area (Å²) in [6.07, 6.45) is 8.24. The van der Waals surface area contributed by atoms with Gasteiger partial charge in [0.05, 0.1) is 0 Å². The van der Waals surface area contributed by atoms with Gasteiger partial charge in [0.15, 0.2) is 0 Å². The van der Waals surface area contributed by atoms with Crippen LogP contribution in [0, 0.1) is 11.7 Å². The SMILES string of the molecule is O=C(CCC1CCN(C/C=C/c2ccc(F)cc2)CC1)N1CCN(c2ccccc2)CC1. The monoisotopic (exact) mass is 435 g/mol. The third-order valence-corrected chi connectivity index (χ3v) is 6.77. The van der Waals surface area contributed by atoms with Crippen LogP contribution in [0.1, 0.15) is 31.2 Å². The second kappa shape index (κ2) is 11.3. The van der Waals surface area contributed by atoms with Crippen molar-refractivity contribution in [1.29, 1.82) is 0 Å². The zero-order chi connectivity index (χ0) is 22.2. The molecule has 2 aromatic carbocycles. The number of hydrogen-bond acceptors (Lipinski definition) is 3. The molecule has 2 fully saturated rings. The number of hydrogen-bond donors (Lipinski definition) is 0. The number of amides is 1. The van der Waals surface area contributed by atoms with Crippen molar-refractivity contribution < 1.29 is 9.18 Å². The molecule has 5 heteroatoms. The summed E-state index contributed by atoms with van der Waals surface area (Å²) in [6.45, 7) is 6.58. The van der Waals surface area contributed by atoms with Crippen LogP contribution in [0.4, 0.5) is 10.1 Å². The minimum atomic E-state index is -0.197. The maximum Gasteiger partial charge on any atom is 0.222 e. The fourth-order valence-electron chi connectivity index (χ4n) is 4.71. The van der Waals surface area contributed by atoms with Crippen LogP contribution < -0.4 is 4.90 Å². The Hall–Kier alpha value is -2.66. The lowest BCUT2D eigenvalue weighted by atomic mass is 9.92. The highest BCUT2D eigenvalue weighted by Gasteiger charge is 2.23. The van der Waals surface area contributed by atoms with Gasteiger partial charge in [-0.1, -0.05) is 42.5 Å². The molecule has 0 radical (unpaired) electrons. The number of rotatable bonds is 7. The first-order valence-electron chi connectivity index (χ1n) is 11.9. The van der Waals surface area contributed by atoms with Crippen molar-refractivity contribution in [2.24, 2.45) is 5.92 Å². The number of piperazine rings is 1. The second-order valence-electron chi connectivity index (χ2n) is 8.94. The van der Waals surface area contributed by atoms with Crippen LogP contribution in [-0.2, 0) is 4.79 Å². The van der Waals surface area contributed by atoms with Gasteiger partial charge in [0.25, 0.3) is 0 Å². The number of halogens is 1. The van der Waals surface area contributed by atoms with E-state index in [0.29, 0.717) is 18.2 Å². The van der Waals surface area contributed by atoms with E-state index < -0.39 is 0 Å². The van der Waals surface area contributed by atoms with E-state index in [1.807, 2.05) is 6.07 Å². The lowest BCUT2D eigenvalue weighted by Crippen LogP contribution is -2.48. The lowest BCUT2D eigenvalue weighted by molar-refractivity contribution is -0.131. The van der Waals surface area contributed by atoms with E-state index in [1.165, 1.54) is 30.7 Å². The standard InChI is InChI=1S/C27H34FN3O/c28-25-11-8-23(9-12-25)5-4-16-29-17-14-24(15-18-29)10-13-27(32)31-21-19-30(20-22-31)26-6-2-1-3-7-26/h1-9,11-12,24H,10,13-22H2/b5-4+. The number of anilines is 1. The van der Waals surface area contributed by atoms with E-state index >= 15 is 0 Å². The fraction of sp³-hybridized carbons (Fsp3) is 0.444. The highest BCUT2D eigenvalue weighted by Crippen LogP contribution is 2.23. The van der Waals surface area contributed by atoms with Crippen LogP contribution in [0.15, 0.2) is 60.7 Å². The molecular formula is C27H34FN3O. The van der Waals surface area contributed by atoms with Crippen LogP contribution in [-0.4, -0.2) is 61.5 Å². The predicted molar refractivity (Wildman–Crippen MR) is 129 cm³/mol. The first kappa shape index (κ1) is 22.5. The molecule has 0 atom stereocenters. The van der Waals surface area contributed by atoms with Crippen LogP contribution >= 0.6 is 0 Å². The number of para-hydroxylation sites is 1. The molecule has 4 rings (SSSR count). The van der Waals surface area contributed by atoms with E-state index in [9.17, 15) is 9.18 Å². The molecule has 0 N–H and O–H groups in total. The summed E-state index contributed by atoms with van der Waals surface area (Å²) in [4.78, 5) is 19.6. The number of carbonyl (C=O) groups is 1. The van der Waals surface area contributed by atoms with Gasteiger partial charge in [-0.2, -0.15) is 0 Å². The van der Waals surface area contributed by atoms with Crippen molar-refractivity contribution in [1.82, 2.24) is 9.80 Å². The zero-order valence-electron chi connectivity index (χ0n) is 18.8. The molecule has 0 saturated carbocycles. The van der Waals surface area contributed by atoms with Crippen LogP contribution in [0.3, 0.4) is 0 Å². The number of carbonyl (C=O) groups excluding carboxylic acids is 1. The highest BCUT2D eigenvalue weighted by atomic mass is 19.1. The summed E-state index contributed by atoms with van der Waals surface area (Å²) >= 11 is 0. The van der Waals surface area contributed by atoms with Crippen LogP contribution in [0.2, 0.25) is 0 Å². The summed E-state index contributed by atoms with van der Waals surface area (Å²) < 4.78 is 13.0. The van der Waals surface area contributed by atoms with Gasteiger partial charge in [-0.25, -0.2) is 4.39 Å². The predicted octanol–water partition coefficient (Wildman–Crippen LogP) is 4.68. The Bertz CT molecular complexity index is 868. The van der Waals surface area contributed by atoms with Crippen molar-refractivity contribution in [2.45, 2.75) is 25.7 Å². The lowest BCUT2D eigenvalue weighted by Gasteiger charge is -2.36. The van der Waals surface area contributed by atoms with Gasteiger partial charge >= 0.3 is 0 Å². The van der Waals surface area contributed by atoms with Crippen molar-refractivity contribution in [3.8, 4) is 0 Å². The third kappa shape index (κ3) is 6.42. The Kier molecular flexibility index (Phi) is 7.94. The topological polar surface area (TPSA) is 26.8 Å². The first-order valence-corrected chi connectivity index (χ1v) is 11.9. The summed E-state index contributed by atoms with van der Waals surface area (Å²) in [5, 5.41) is 0. The Labute approximate surface area is 191 Å². The minimum Gasteiger partial charge on any atom is -0.368 e. The second-order valence-corrected chi connectivity index (χ2v) is 8.94. The van der Waals surface area contributed by atoms with E-state index in [2.05, 4.69) is 51.1 Å². The average molecular weight is 436 g/mol. The van der Waals surface area contributed by atoms with Gasteiger partial charge in [0, 0.05) is 44.8 Å². The zero-order valence-corrected chi connectivity index (χ0v) is 18.8. The Morgan fingerprint density at radius 1 is 0.906 bits per heavy atom. The van der Waals surface area contributed by atoms with E-state index in [4.69, 9.17) is 0 Å². The molecule has 2 aliphatic rings. The minimum absolute atomic E-state index is 0.197. The van der Waals surface area contributed by atoms with Gasteiger partial charge < -0.3 is 9.80 Å². The number of nitrogens with zero attached hydrogens (tertiary/aromatic N) is 3. The molecule has 1 amide bonds. The molecule has 4 nitrogen and oxygen atoms in total. The average Bonchev–Trinajstić information content (AvgIpc) is 2.85. The van der Waals surface area contributed by atoms with Gasteiger partial charge in [-0.05, 0) is 68.1 Å². The molecule has 2 aromatic rings. The molecular weight excluding hydrogens is 401 g/mol. The van der Waals surface area contributed by atoms with Gasteiger partial charge in [0.2, 0.25) is 5.91 Å². The quantitative estimate of drug-likeness (QED) is 0.632. The number of likely N-dealkylation sites (tertiary alicyclic amines) is 1. The van der Waals surface area contributed by atoms with Crippen molar-refractivity contribution >= 4 is 17.7 Å². The molecule has 2 aliphatic heterocycles. The van der Waals surface area contributed by atoms with Crippen molar-refractivity contribution in [3.63, 3.8) is 0 Å². The molecule has 0 aromatic heterocycles. The smallest absolute Gasteiger partial charge is 0.222 e. The molecule has 0 aliphatic carbocycles. The maximum atomic E-state index is 13.0. The fourth-order valence-corrected chi connectivity index (χ4v) is 4.71. The molecule has 0 bridgehead atoms. The first-order chi connectivity index (χ1) is 15.7. The Morgan fingerprint density at radius 3 is 2.28 bits per heavy atom. The van der Waals surface area contributed by atoms with Gasteiger partial charge in [-0.3, -0.25) is 9.69 Å². The normalized spacial score (nSPS) is 18.4. The molecule has 0 unspecified atom stereocenters. The highest BCUT2D eigenvalue weighted by molar-refractivity contribution is 5.76. The van der Waals surface area contributed by atoms with Gasteiger partial charge in [0.1, 0.15) is 5.82 Å². The molecule has 32 heavy (non-hydrogen) atoms. The summed E-state index contributed by atoms with van der Waals surface area (Å²) in [6, 6.07) is 17.1. The van der Waals surface area contributed by atoms with E-state index in [-0.39, 0.29) is 5.82 Å². The Balaban J connectivity index is 1.12. The van der Waals surface area contributed by atoms with Crippen molar-refractivity contribution in [3.05, 3.63) is 72.1 Å². The van der Waals surface area contributed by atoms with E-state index in [0.717, 1.165) is 57.8 Å². The summed E-state index contributed by atoms with van der Waals surface area (Å²) in [5.41, 5.74) is 2.28. The Morgan fingerprint density at radius 2 is 1.59 bits per heavy atom. The molecule has 0 spiro atoms. The maximum absolute atomic E-state index is 13.0. The molecule has 2 heterocycles. The third-order valence-electron chi connectivity index (χ3n) is 6.77. The van der Waals surface area contributed by atoms with E-state index in [1.54, 1.807) is 12.1 Å². The van der Waals surface area contributed by atoms with Crippen LogP contribution in [0.25, 0.3) is 6.08 Å². The molecule has 170 valence electrons. The molecule has 2 saturated heterocycles. The largest absolute Gasteiger partial charge is 0.368 e. The summed E-state index contributed by atoms with van der Waals surface area (Å²) in [5.74, 6) is 0.779. The van der Waals surface area contributed by atoms with Gasteiger partial charge in [-0.15, -0.1) is 0 Å². The number of piperidine rings is 1. The van der Waals surface area contributed by atoms with Crippen molar-refractivity contribution in [2.75, 3.05) is 50.7 Å². The van der Waals surface area contributed by atoms with Crippen LogP contribution in [0.5, 0.6) is 0 Å². The summed E-state index contributed by atoms with van der Waals surface area (Å²) in [7, 11) is 0. The number of benzene rings is 2.